The molecule has 0 spiro atoms. The van der Waals surface area contributed by atoms with E-state index in [2.05, 4.69) is 37.4 Å². The zero-order valence-corrected chi connectivity index (χ0v) is 11.7. The molecular weight excluding hydrogens is 218 g/mol. The minimum Gasteiger partial charge on any atom is -0.317 e. The van der Waals surface area contributed by atoms with Crippen LogP contribution in [-0.2, 0) is 0 Å². The van der Waals surface area contributed by atoms with Crippen molar-refractivity contribution in [2.24, 2.45) is 0 Å². The summed E-state index contributed by atoms with van der Waals surface area (Å²) in [5.74, 6) is 2.34. The molecule has 0 unspecified atom stereocenters. The van der Waals surface area contributed by atoms with Crippen LogP contribution in [0.25, 0.3) is 0 Å². The van der Waals surface area contributed by atoms with Crippen LogP contribution in [0, 0.1) is 0 Å². The molecule has 1 saturated carbocycles. The van der Waals surface area contributed by atoms with Gasteiger partial charge in [-0.25, -0.2) is 0 Å². The molecule has 1 heterocycles. The van der Waals surface area contributed by atoms with E-state index in [0.29, 0.717) is 5.92 Å². The van der Waals surface area contributed by atoms with Crippen LogP contribution in [0.1, 0.15) is 74.0 Å². The average Bonchev–Trinajstić information content (AvgIpc) is 3.23. The molecule has 2 aliphatic rings. The molecule has 1 N–H and O–H groups in total. The van der Waals surface area contributed by atoms with Crippen molar-refractivity contribution < 1.29 is 0 Å². The minimum atomic E-state index is 0.669. The Bertz CT molecular complexity index is 412. The molecule has 1 aliphatic heterocycles. The molecule has 1 aliphatic carbocycles. The lowest BCUT2D eigenvalue weighted by Crippen LogP contribution is -2.26. The molecule has 0 amide bonds. The quantitative estimate of drug-likeness (QED) is 0.840. The molecule has 3 rings (SSSR count). The van der Waals surface area contributed by atoms with Crippen molar-refractivity contribution in [3.8, 4) is 0 Å². The summed E-state index contributed by atoms with van der Waals surface area (Å²) in [5.41, 5.74) is 4.86. The van der Waals surface area contributed by atoms with Gasteiger partial charge in [-0.3, -0.25) is 0 Å². The smallest absolute Gasteiger partial charge is 0.00431 e. The first-order valence-corrected chi connectivity index (χ1v) is 7.60. The fraction of sp³-hybridized carbons (Fsp3) is 0.647. The van der Waals surface area contributed by atoms with E-state index in [-0.39, 0.29) is 0 Å². The molecule has 1 heteroatoms. The zero-order valence-electron chi connectivity index (χ0n) is 11.7. The summed E-state index contributed by atoms with van der Waals surface area (Å²) in [6.45, 7) is 7.03. The van der Waals surface area contributed by atoms with Gasteiger partial charge in [0.1, 0.15) is 0 Å². The molecule has 0 radical (unpaired) electrons. The standard InChI is InChI=1S/C17H25N/c1-12(2)16-6-5-15(11-17(16)14-3-4-14)13-7-9-18-10-8-13/h5-6,11-14,18H,3-4,7-10H2,1-2H3. The van der Waals surface area contributed by atoms with E-state index in [0.717, 1.165) is 11.8 Å². The van der Waals surface area contributed by atoms with E-state index in [1.54, 1.807) is 16.7 Å². The fourth-order valence-corrected chi connectivity index (χ4v) is 3.28. The first kappa shape index (κ1) is 12.2. The summed E-state index contributed by atoms with van der Waals surface area (Å²) in [7, 11) is 0. The van der Waals surface area contributed by atoms with Gasteiger partial charge in [-0.05, 0) is 73.2 Å². The molecule has 1 nitrogen and oxygen atoms in total. The molecule has 0 aromatic heterocycles. The van der Waals surface area contributed by atoms with E-state index in [1.165, 1.54) is 38.8 Å². The van der Waals surface area contributed by atoms with Gasteiger partial charge < -0.3 is 5.32 Å². The third-order valence-electron chi connectivity index (χ3n) is 4.56. The SMILES string of the molecule is CC(C)c1ccc(C2CCNCC2)cc1C1CC1. The highest BCUT2D eigenvalue weighted by Crippen LogP contribution is 2.44. The molecule has 0 bridgehead atoms. The second kappa shape index (κ2) is 5.05. The molecule has 0 atom stereocenters. The molecule has 18 heavy (non-hydrogen) atoms. The highest BCUT2D eigenvalue weighted by molar-refractivity contribution is 5.40. The van der Waals surface area contributed by atoms with Crippen molar-refractivity contribution in [2.45, 2.75) is 57.3 Å². The van der Waals surface area contributed by atoms with E-state index >= 15 is 0 Å². The Kier molecular flexibility index (Phi) is 3.43. The normalized spacial score (nSPS) is 21.5. The lowest BCUT2D eigenvalue weighted by molar-refractivity contribution is 0.460. The Morgan fingerprint density at radius 1 is 1.00 bits per heavy atom. The molecule has 1 aromatic rings. The number of piperidine rings is 1. The number of nitrogens with one attached hydrogen (secondary N) is 1. The predicted octanol–water partition coefficient (Wildman–Crippen LogP) is 4.15. The van der Waals surface area contributed by atoms with E-state index < -0.39 is 0 Å². The van der Waals surface area contributed by atoms with Crippen LogP contribution in [0.5, 0.6) is 0 Å². The third kappa shape index (κ3) is 2.47. The predicted molar refractivity (Wildman–Crippen MR) is 77.4 cm³/mol. The minimum absolute atomic E-state index is 0.669. The summed E-state index contributed by atoms with van der Waals surface area (Å²) >= 11 is 0. The highest BCUT2D eigenvalue weighted by atomic mass is 14.9. The second-order valence-corrected chi connectivity index (χ2v) is 6.34. The Morgan fingerprint density at radius 3 is 2.33 bits per heavy atom. The van der Waals surface area contributed by atoms with Gasteiger partial charge in [-0.1, -0.05) is 32.0 Å². The first-order valence-electron chi connectivity index (χ1n) is 7.60. The lowest BCUT2D eigenvalue weighted by atomic mass is 9.85. The van der Waals surface area contributed by atoms with Gasteiger partial charge in [0, 0.05) is 0 Å². The van der Waals surface area contributed by atoms with Gasteiger partial charge in [-0.2, -0.15) is 0 Å². The van der Waals surface area contributed by atoms with Crippen LogP contribution >= 0.6 is 0 Å². The van der Waals surface area contributed by atoms with Crippen LogP contribution in [0.3, 0.4) is 0 Å². The van der Waals surface area contributed by atoms with Crippen LogP contribution in [0.2, 0.25) is 0 Å². The Morgan fingerprint density at radius 2 is 1.72 bits per heavy atom. The first-order chi connectivity index (χ1) is 8.75. The van der Waals surface area contributed by atoms with Gasteiger partial charge in [-0.15, -0.1) is 0 Å². The Labute approximate surface area is 111 Å². The summed E-state index contributed by atoms with van der Waals surface area (Å²) in [6, 6.07) is 7.36. The van der Waals surface area contributed by atoms with Crippen molar-refractivity contribution in [1.82, 2.24) is 5.32 Å². The van der Waals surface area contributed by atoms with Crippen molar-refractivity contribution in [1.29, 1.82) is 0 Å². The average molecular weight is 243 g/mol. The van der Waals surface area contributed by atoms with E-state index in [9.17, 15) is 0 Å². The van der Waals surface area contributed by atoms with Crippen molar-refractivity contribution >= 4 is 0 Å². The number of benzene rings is 1. The summed E-state index contributed by atoms with van der Waals surface area (Å²) in [4.78, 5) is 0. The van der Waals surface area contributed by atoms with Crippen LogP contribution < -0.4 is 5.32 Å². The summed E-state index contributed by atoms with van der Waals surface area (Å²) in [6.07, 6.45) is 5.45. The maximum Gasteiger partial charge on any atom is -0.00431 e. The van der Waals surface area contributed by atoms with Gasteiger partial charge in [0.2, 0.25) is 0 Å². The topological polar surface area (TPSA) is 12.0 Å². The van der Waals surface area contributed by atoms with Gasteiger partial charge in [0.15, 0.2) is 0 Å². The van der Waals surface area contributed by atoms with Crippen molar-refractivity contribution in [3.63, 3.8) is 0 Å². The van der Waals surface area contributed by atoms with Gasteiger partial charge in [0.05, 0.1) is 0 Å². The molecule has 1 aromatic carbocycles. The third-order valence-corrected chi connectivity index (χ3v) is 4.56. The Balaban J connectivity index is 1.89. The molecule has 2 fully saturated rings. The Hall–Kier alpha value is -0.820. The van der Waals surface area contributed by atoms with E-state index in [4.69, 9.17) is 0 Å². The highest BCUT2D eigenvalue weighted by Gasteiger charge is 2.27. The maximum atomic E-state index is 3.46. The molecule has 98 valence electrons. The largest absolute Gasteiger partial charge is 0.317 e. The number of hydrogen-bond acceptors (Lipinski definition) is 1. The number of hydrogen-bond donors (Lipinski definition) is 1. The summed E-state index contributed by atoms with van der Waals surface area (Å²) in [5, 5.41) is 3.46. The van der Waals surface area contributed by atoms with E-state index in [1.807, 2.05) is 0 Å². The summed E-state index contributed by atoms with van der Waals surface area (Å²) < 4.78 is 0. The van der Waals surface area contributed by atoms with Crippen LogP contribution in [0.4, 0.5) is 0 Å². The fourth-order valence-electron chi connectivity index (χ4n) is 3.28. The second-order valence-electron chi connectivity index (χ2n) is 6.34. The zero-order chi connectivity index (χ0) is 12.5. The maximum absolute atomic E-state index is 3.46. The number of rotatable bonds is 3. The van der Waals surface area contributed by atoms with Crippen molar-refractivity contribution in [2.75, 3.05) is 13.1 Å². The van der Waals surface area contributed by atoms with Gasteiger partial charge >= 0.3 is 0 Å². The molecular formula is C17H25N. The van der Waals surface area contributed by atoms with Crippen LogP contribution in [-0.4, -0.2) is 13.1 Å². The lowest BCUT2D eigenvalue weighted by Gasteiger charge is -2.24. The van der Waals surface area contributed by atoms with Crippen LogP contribution in [0.15, 0.2) is 18.2 Å². The monoisotopic (exact) mass is 243 g/mol. The van der Waals surface area contributed by atoms with Gasteiger partial charge in [0.25, 0.3) is 0 Å². The van der Waals surface area contributed by atoms with Crippen molar-refractivity contribution in [3.05, 3.63) is 34.9 Å². The molecule has 1 saturated heterocycles.